The minimum absolute atomic E-state index is 0.291. The zero-order valence-corrected chi connectivity index (χ0v) is 8.57. The maximum Gasteiger partial charge on any atom is 0.149 e. The van der Waals surface area contributed by atoms with Crippen LogP contribution in [0, 0.1) is 0 Å². The summed E-state index contributed by atoms with van der Waals surface area (Å²) in [7, 11) is 0. The number of halogens is 1. The normalized spacial score (nSPS) is 15.0. The highest BCUT2D eigenvalue weighted by molar-refractivity contribution is 6.30. The Labute approximate surface area is 92.0 Å². The van der Waals surface area contributed by atoms with Crippen molar-refractivity contribution in [3.63, 3.8) is 0 Å². The summed E-state index contributed by atoms with van der Waals surface area (Å²) >= 11 is 5.72. The summed E-state index contributed by atoms with van der Waals surface area (Å²) in [6, 6.07) is 3.51. The molecule has 0 unspecified atom stereocenters. The molecule has 0 aliphatic carbocycles. The molecule has 0 saturated carbocycles. The van der Waals surface area contributed by atoms with Gasteiger partial charge in [-0.3, -0.25) is 9.78 Å². The average molecular weight is 222 g/mol. The number of ether oxygens (including phenoxy) is 1. The summed E-state index contributed by atoms with van der Waals surface area (Å²) < 4.78 is 5.36. The average Bonchev–Trinajstić information content (AvgIpc) is 2.30. The first kappa shape index (κ1) is 9.93. The summed E-state index contributed by atoms with van der Waals surface area (Å²) in [6.07, 6.45) is 5.79. The number of aldehydes is 1. The number of hydrogen-bond donors (Lipinski definition) is 0. The maximum absolute atomic E-state index is 10.4. The summed E-state index contributed by atoms with van der Waals surface area (Å²) in [5.74, 6) is 0.650. The Hall–Kier alpha value is -1.61. The highest BCUT2D eigenvalue weighted by Gasteiger charge is 2.09. The van der Waals surface area contributed by atoms with Gasteiger partial charge in [0.15, 0.2) is 0 Å². The van der Waals surface area contributed by atoms with E-state index in [0.717, 1.165) is 6.29 Å². The molecule has 1 aromatic heterocycles. The van der Waals surface area contributed by atoms with Gasteiger partial charge in [-0.15, -0.1) is 0 Å². The topological polar surface area (TPSA) is 39.2 Å². The van der Waals surface area contributed by atoms with Gasteiger partial charge in [-0.2, -0.15) is 0 Å². The molecular weight excluding hydrogens is 214 g/mol. The Balaban J connectivity index is 2.26. The van der Waals surface area contributed by atoms with Gasteiger partial charge in [0.25, 0.3) is 0 Å². The molecule has 1 aliphatic heterocycles. The molecule has 0 fully saturated rings. The third kappa shape index (κ3) is 2.25. The molecule has 0 aromatic carbocycles. The second-order valence-electron chi connectivity index (χ2n) is 3.04. The fourth-order valence-corrected chi connectivity index (χ4v) is 1.31. The second-order valence-corrected chi connectivity index (χ2v) is 3.48. The van der Waals surface area contributed by atoms with Gasteiger partial charge < -0.3 is 4.74 Å². The molecule has 0 N–H and O–H groups in total. The van der Waals surface area contributed by atoms with Crippen molar-refractivity contribution in [2.75, 3.05) is 6.61 Å². The molecule has 1 aromatic rings. The number of rotatable bonds is 2. The Morgan fingerprint density at radius 2 is 2.27 bits per heavy atom. The van der Waals surface area contributed by atoms with E-state index in [-0.39, 0.29) is 0 Å². The van der Waals surface area contributed by atoms with Crippen LogP contribution in [-0.2, 0) is 9.53 Å². The highest BCUT2D eigenvalue weighted by Crippen LogP contribution is 2.19. The van der Waals surface area contributed by atoms with Crippen LogP contribution in [-0.4, -0.2) is 17.9 Å². The number of carbonyl (C=O) groups is 1. The van der Waals surface area contributed by atoms with Gasteiger partial charge in [0, 0.05) is 11.8 Å². The number of allylic oxidation sites excluding steroid dienone is 2. The smallest absolute Gasteiger partial charge is 0.149 e. The van der Waals surface area contributed by atoms with E-state index in [2.05, 4.69) is 4.98 Å². The van der Waals surface area contributed by atoms with Gasteiger partial charge in [0.2, 0.25) is 0 Å². The van der Waals surface area contributed by atoms with Crippen LogP contribution in [0.2, 0.25) is 5.02 Å². The molecule has 0 spiro atoms. The van der Waals surface area contributed by atoms with Crippen molar-refractivity contribution in [2.24, 2.45) is 0 Å². The summed E-state index contributed by atoms with van der Waals surface area (Å²) in [4.78, 5) is 14.5. The first-order valence-electron chi connectivity index (χ1n) is 4.40. The van der Waals surface area contributed by atoms with Crippen molar-refractivity contribution < 1.29 is 9.53 Å². The number of hydrogen-bond acceptors (Lipinski definition) is 3. The van der Waals surface area contributed by atoms with Gasteiger partial charge in [-0.1, -0.05) is 11.6 Å². The van der Waals surface area contributed by atoms with E-state index in [1.54, 1.807) is 30.5 Å². The van der Waals surface area contributed by atoms with E-state index in [1.807, 2.05) is 0 Å². The van der Waals surface area contributed by atoms with Crippen LogP contribution in [0.15, 0.2) is 36.1 Å². The Bertz CT molecular complexity index is 434. The first-order chi connectivity index (χ1) is 7.29. The van der Waals surface area contributed by atoms with Gasteiger partial charge in [-0.25, -0.2) is 0 Å². The van der Waals surface area contributed by atoms with E-state index in [0.29, 0.717) is 28.7 Å². The van der Waals surface area contributed by atoms with Crippen molar-refractivity contribution in [3.8, 4) is 0 Å². The highest BCUT2D eigenvalue weighted by atomic mass is 35.5. The number of carbonyl (C=O) groups excluding carboxylic acids is 1. The minimum Gasteiger partial charge on any atom is -0.487 e. The first-order valence-corrected chi connectivity index (χ1v) is 4.78. The monoisotopic (exact) mass is 221 g/mol. The summed E-state index contributed by atoms with van der Waals surface area (Å²) in [6.45, 7) is 0.291. The summed E-state index contributed by atoms with van der Waals surface area (Å²) in [5, 5.41) is 0.583. The lowest BCUT2D eigenvalue weighted by Crippen LogP contribution is -2.04. The van der Waals surface area contributed by atoms with Crippen molar-refractivity contribution in [1.29, 1.82) is 0 Å². The predicted molar refractivity (Wildman–Crippen MR) is 57.3 cm³/mol. The van der Waals surface area contributed by atoms with Gasteiger partial charge in [-0.05, 0) is 24.3 Å². The minimum atomic E-state index is 0.291. The lowest BCUT2D eigenvalue weighted by Gasteiger charge is -2.12. The molecule has 0 atom stereocenters. The predicted octanol–water partition coefficient (Wildman–Crippen LogP) is 2.23. The largest absolute Gasteiger partial charge is 0.487 e. The number of nitrogens with zero attached hydrogens (tertiary/aromatic N) is 1. The van der Waals surface area contributed by atoms with Crippen LogP contribution in [0.4, 0.5) is 0 Å². The summed E-state index contributed by atoms with van der Waals surface area (Å²) in [5.41, 5.74) is 1.33. The van der Waals surface area contributed by atoms with Gasteiger partial charge >= 0.3 is 0 Å². The standard InChI is InChI=1S/C11H8ClNO2/c12-9-2-3-10(13-5-9)11-4-1-8(6-14)7-15-11/h1-6H,7H2. The molecule has 0 saturated heterocycles. The number of aromatic nitrogens is 1. The van der Waals surface area contributed by atoms with Gasteiger partial charge in [0.05, 0.1) is 5.02 Å². The van der Waals surface area contributed by atoms with E-state index >= 15 is 0 Å². The van der Waals surface area contributed by atoms with Crippen LogP contribution < -0.4 is 0 Å². The van der Waals surface area contributed by atoms with E-state index < -0.39 is 0 Å². The maximum atomic E-state index is 10.4. The van der Waals surface area contributed by atoms with E-state index in [1.165, 1.54) is 0 Å². The molecular formula is C11H8ClNO2. The molecule has 0 radical (unpaired) electrons. The third-order valence-corrected chi connectivity index (χ3v) is 2.20. The van der Waals surface area contributed by atoms with Crippen LogP contribution in [0.1, 0.15) is 5.69 Å². The van der Waals surface area contributed by atoms with Crippen LogP contribution in [0.3, 0.4) is 0 Å². The molecule has 0 bridgehead atoms. The quantitative estimate of drug-likeness (QED) is 0.719. The molecule has 0 amide bonds. The Morgan fingerprint density at radius 3 is 2.80 bits per heavy atom. The second kappa shape index (κ2) is 4.28. The fourth-order valence-electron chi connectivity index (χ4n) is 1.19. The molecule has 1 aliphatic rings. The van der Waals surface area contributed by atoms with Crippen molar-refractivity contribution in [1.82, 2.24) is 4.98 Å². The van der Waals surface area contributed by atoms with Crippen LogP contribution in [0.5, 0.6) is 0 Å². The molecule has 76 valence electrons. The van der Waals surface area contributed by atoms with Crippen molar-refractivity contribution in [2.45, 2.75) is 0 Å². The Kier molecular flexibility index (Phi) is 2.83. The third-order valence-electron chi connectivity index (χ3n) is 1.97. The lowest BCUT2D eigenvalue weighted by molar-refractivity contribution is -0.105. The molecule has 2 heterocycles. The van der Waals surface area contributed by atoms with E-state index in [4.69, 9.17) is 16.3 Å². The van der Waals surface area contributed by atoms with Crippen molar-refractivity contribution >= 4 is 23.6 Å². The number of pyridine rings is 1. The van der Waals surface area contributed by atoms with Crippen molar-refractivity contribution in [3.05, 3.63) is 46.8 Å². The van der Waals surface area contributed by atoms with Crippen LogP contribution >= 0.6 is 11.6 Å². The van der Waals surface area contributed by atoms with E-state index in [9.17, 15) is 4.79 Å². The zero-order valence-electron chi connectivity index (χ0n) is 7.81. The molecule has 15 heavy (non-hydrogen) atoms. The SMILES string of the molecule is O=CC1=CC=C(c2ccc(Cl)cn2)OC1. The zero-order chi connectivity index (χ0) is 10.7. The lowest BCUT2D eigenvalue weighted by atomic mass is 10.2. The molecule has 3 nitrogen and oxygen atoms in total. The van der Waals surface area contributed by atoms with Crippen LogP contribution in [0.25, 0.3) is 5.76 Å². The Morgan fingerprint density at radius 1 is 1.40 bits per heavy atom. The van der Waals surface area contributed by atoms with Gasteiger partial charge in [0.1, 0.15) is 24.3 Å². The molecule has 4 heteroatoms. The molecule has 2 rings (SSSR count). The fraction of sp³-hybridized carbons (Fsp3) is 0.0909.